The number of amides is 1. The Morgan fingerprint density at radius 1 is 1.41 bits per heavy atom. The fraction of sp³-hybridized carbons (Fsp3) is 0.300. The molecule has 0 aliphatic heterocycles. The van der Waals surface area contributed by atoms with Gasteiger partial charge >= 0.3 is 0 Å². The van der Waals surface area contributed by atoms with Crippen LogP contribution in [0.5, 0.6) is 5.75 Å². The standard InChI is InChI=1S/C10H14N2O4S/c1-2-12(7-10(11)14)17(15,16)9-6-4-3-5-8(9)13/h3-6,13H,2,7H2,1H3,(H2,11,14). The summed E-state index contributed by atoms with van der Waals surface area (Å²) in [7, 11) is -3.89. The first kappa shape index (κ1) is 13.5. The first-order valence-electron chi connectivity index (χ1n) is 4.96. The van der Waals surface area contributed by atoms with E-state index < -0.39 is 22.5 Å². The molecule has 94 valence electrons. The summed E-state index contributed by atoms with van der Waals surface area (Å²) in [6.07, 6.45) is 0. The highest BCUT2D eigenvalue weighted by molar-refractivity contribution is 7.89. The van der Waals surface area contributed by atoms with Crippen LogP contribution in [-0.4, -0.2) is 36.8 Å². The van der Waals surface area contributed by atoms with Crippen LogP contribution in [0.2, 0.25) is 0 Å². The number of nitrogens with zero attached hydrogens (tertiary/aromatic N) is 1. The van der Waals surface area contributed by atoms with Crippen LogP contribution in [0, 0.1) is 0 Å². The summed E-state index contributed by atoms with van der Waals surface area (Å²) in [6, 6.07) is 5.54. The lowest BCUT2D eigenvalue weighted by atomic mass is 10.3. The Morgan fingerprint density at radius 3 is 2.47 bits per heavy atom. The van der Waals surface area contributed by atoms with Crippen LogP contribution in [0.1, 0.15) is 6.92 Å². The smallest absolute Gasteiger partial charge is 0.247 e. The minimum atomic E-state index is -3.89. The molecule has 1 rings (SSSR count). The van der Waals surface area contributed by atoms with Gasteiger partial charge < -0.3 is 10.8 Å². The van der Waals surface area contributed by atoms with Gasteiger partial charge in [-0.1, -0.05) is 19.1 Å². The second-order valence-electron chi connectivity index (χ2n) is 3.37. The minimum absolute atomic E-state index is 0.0968. The molecule has 0 heterocycles. The molecule has 0 bridgehead atoms. The summed E-state index contributed by atoms with van der Waals surface area (Å²) in [5.41, 5.74) is 4.97. The number of nitrogens with two attached hydrogens (primary N) is 1. The summed E-state index contributed by atoms with van der Waals surface area (Å²) >= 11 is 0. The highest BCUT2D eigenvalue weighted by Gasteiger charge is 2.26. The van der Waals surface area contributed by atoms with Crippen LogP contribution in [-0.2, 0) is 14.8 Å². The van der Waals surface area contributed by atoms with Crippen molar-refractivity contribution in [3.63, 3.8) is 0 Å². The molecule has 1 aromatic rings. The third-order valence-corrected chi connectivity index (χ3v) is 4.14. The number of hydrogen-bond donors (Lipinski definition) is 2. The normalized spacial score (nSPS) is 11.6. The van der Waals surface area contributed by atoms with Gasteiger partial charge in [0.05, 0.1) is 6.54 Å². The third kappa shape index (κ3) is 2.95. The molecule has 0 saturated carbocycles. The quantitative estimate of drug-likeness (QED) is 0.769. The number of para-hydroxylation sites is 1. The maximum atomic E-state index is 12.1. The van der Waals surface area contributed by atoms with E-state index in [4.69, 9.17) is 5.73 Å². The van der Waals surface area contributed by atoms with E-state index in [2.05, 4.69) is 0 Å². The van der Waals surface area contributed by atoms with E-state index >= 15 is 0 Å². The summed E-state index contributed by atoms with van der Waals surface area (Å²) < 4.78 is 25.1. The van der Waals surface area contributed by atoms with Gasteiger partial charge in [0, 0.05) is 6.54 Å². The summed E-state index contributed by atoms with van der Waals surface area (Å²) in [5.74, 6) is -1.10. The summed E-state index contributed by atoms with van der Waals surface area (Å²) in [5, 5.41) is 9.50. The van der Waals surface area contributed by atoms with E-state index in [-0.39, 0.29) is 17.2 Å². The number of carbonyl (C=O) groups is 1. The van der Waals surface area contributed by atoms with Gasteiger partial charge in [-0.15, -0.1) is 0 Å². The number of phenolic OH excluding ortho intramolecular Hbond substituents is 1. The lowest BCUT2D eigenvalue weighted by Gasteiger charge is -2.19. The zero-order chi connectivity index (χ0) is 13.1. The summed E-state index contributed by atoms with van der Waals surface area (Å²) in [4.78, 5) is 10.6. The molecule has 0 spiro atoms. The molecule has 7 heteroatoms. The van der Waals surface area contributed by atoms with Crippen LogP contribution >= 0.6 is 0 Å². The molecule has 0 unspecified atom stereocenters. The monoisotopic (exact) mass is 258 g/mol. The van der Waals surface area contributed by atoms with Crippen molar-refractivity contribution in [3.8, 4) is 5.75 Å². The average molecular weight is 258 g/mol. The summed E-state index contributed by atoms with van der Waals surface area (Å²) in [6.45, 7) is 1.27. The predicted octanol–water partition coefficient (Wildman–Crippen LogP) is -0.112. The van der Waals surface area contributed by atoms with Gasteiger partial charge in [0.1, 0.15) is 10.6 Å². The molecule has 0 aliphatic rings. The van der Waals surface area contributed by atoms with Gasteiger partial charge in [0.15, 0.2) is 0 Å². The van der Waals surface area contributed by atoms with E-state index in [0.717, 1.165) is 4.31 Å². The molecular formula is C10H14N2O4S. The van der Waals surface area contributed by atoms with Crippen molar-refractivity contribution in [3.05, 3.63) is 24.3 Å². The Hall–Kier alpha value is -1.60. The Kier molecular flexibility index (Phi) is 4.08. The van der Waals surface area contributed by atoms with E-state index in [1.165, 1.54) is 24.3 Å². The van der Waals surface area contributed by atoms with Crippen LogP contribution in [0.15, 0.2) is 29.2 Å². The Balaban J connectivity index is 3.18. The predicted molar refractivity (Wildman–Crippen MR) is 61.7 cm³/mol. The zero-order valence-electron chi connectivity index (χ0n) is 9.33. The number of primary amides is 1. The minimum Gasteiger partial charge on any atom is -0.507 e. The number of hydrogen-bond acceptors (Lipinski definition) is 4. The van der Waals surface area contributed by atoms with Crippen molar-refractivity contribution < 1.29 is 18.3 Å². The van der Waals surface area contributed by atoms with Crippen molar-refractivity contribution in [2.75, 3.05) is 13.1 Å². The number of rotatable bonds is 5. The van der Waals surface area contributed by atoms with Gasteiger partial charge in [-0.2, -0.15) is 4.31 Å². The third-order valence-electron chi connectivity index (χ3n) is 2.17. The molecule has 1 aromatic carbocycles. The molecule has 1 amide bonds. The second-order valence-corrected chi connectivity index (χ2v) is 5.27. The molecule has 0 fully saturated rings. The molecule has 0 aliphatic carbocycles. The molecule has 0 atom stereocenters. The number of carbonyl (C=O) groups excluding carboxylic acids is 1. The van der Waals surface area contributed by atoms with Gasteiger partial charge in [0.25, 0.3) is 0 Å². The number of likely N-dealkylation sites (N-methyl/N-ethyl adjacent to an activating group) is 1. The molecular weight excluding hydrogens is 244 g/mol. The Morgan fingerprint density at radius 2 is 2.00 bits per heavy atom. The number of benzene rings is 1. The van der Waals surface area contributed by atoms with Gasteiger partial charge in [-0.25, -0.2) is 8.42 Å². The molecule has 0 radical (unpaired) electrons. The molecule has 17 heavy (non-hydrogen) atoms. The lowest BCUT2D eigenvalue weighted by molar-refractivity contribution is -0.118. The fourth-order valence-corrected chi connectivity index (χ4v) is 2.85. The van der Waals surface area contributed by atoms with Crippen LogP contribution < -0.4 is 5.73 Å². The SMILES string of the molecule is CCN(CC(N)=O)S(=O)(=O)c1ccccc1O. The first-order chi connectivity index (χ1) is 7.89. The van der Waals surface area contributed by atoms with Crippen molar-refractivity contribution in [2.45, 2.75) is 11.8 Å². The highest BCUT2D eigenvalue weighted by atomic mass is 32.2. The second kappa shape index (κ2) is 5.15. The Bertz CT molecular complexity index is 513. The number of aromatic hydroxyl groups is 1. The first-order valence-corrected chi connectivity index (χ1v) is 6.40. The van der Waals surface area contributed by atoms with E-state index in [0.29, 0.717) is 0 Å². The topological polar surface area (TPSA) is 101 Å². The molecule has 0 aromatic heterocycles. The van der Waals surface area contributed by atoms with Gasteiger partial charge in [-0.3, -0.25) is 4.79 Å². The van der Waals surface area contributed by atoms with Crippen molar-refractivity contribution >= 4 is 15.9 Å². The van der Waals surface area contributed by atoms with Crippen LogP contribution in [0.4, 0.5) is 0 Å². The largest absolute Gasteiger partial charge is 0.507 e. The lowest BCUT2D eigenvalue weighted by Crippen LogP contribution is -2.38. The fourth-order valence-electron chi connectivity index (χ4n) is 1.35. The number of sulfonamides is 1. The van der Waals surface area contributed by atoms with Crippen LogP contribution in [0.3, 0.4) is 0 Å². The highest BCUT2D eigenvalue weighted by Crippen LogP contribution is 2.24. The van der Waals surface area contributed by atoms with Crippen LogP contribution in [0.25, 0.3) is 0 Å². The maximum Gasteiger partial charge on any atom is 0.247 e. The zero-order valence-corrected chi connectivity index (χ0v) is 10.1. The maximum absolute atomic E-state index is 12.1. The number of phenols is 1. The Labute approximate surface area is 99.7 Å². The van der Waals surface area contributed by atoms with Crippen molar-refractivity contribution in [2.24, 2.45) is 5.73 Å². The molecule has 3 N–H and O–H groups in total. The van der Waals surface area contributed by atoms with E-state index in [1.54, 1.807) is 6.92 Å². The molecule has 0 saturated heterocycles. The van der Waals surface area contributed by atoms with Crippen molar-refractivity contribution in [1.82, 2.24) is 4.31 Å². The average Bonchev–Trinajstić information content (AvgIpc) is 2.25. The van der Waals surface area contributed by atoms with Gasteiger partial charge in [0.2, 0.25) is 15.9 Å². The van der Waals surface area contributed by atoms with E-state index in [1.807, 2.05) is 0 Å². The van der Waals surface area contributed by atoms with Gasteiger partial charge in [-0.05, 0) is 12.1 Å². The van der Waals surface area contributed by atoms with Crippen molar-refractivity contribution in [1.29, 1.82) is 0 Å². The van der Waals surface area contributed by atoms with E-state index in [9.17, 15) is 18.3 Å². The molecule has 6 nitrogen and oxygen atoms in total.